The molecule has 2 aromatic rings. The van der Waals surface area contributed by atoms with Gasteiger partial charge in [0.15, 0.2) is 0 Å². The fraction of sp³-hybridized carbons (Fsp3) is 0.500. The molecule has 1 aliphatic rings. The minimum atomic E-state index is 0.0812. The first kappa shape index (κ1) is 15.4. The van der Waals surface area contributed by atoms with Crippen molar-refractivity contribution in [2.24, 2.45) is 11.8 Å². The number of hydrogen-bond donors (Lipinski definition) is 2. The molecular formula is C18H23ClN2O. The van der Waals surface area contributed by atoms with Gasteiger partial charge in [0.25, 0.3) is 0 Å². The van der Waals surface area contributed by atoms with Crippen molar-refractivity contribution < 1.29 is 4.79 Å². The number of hydrogen-bond acceptors (Lipinski definition) is 1. The number of aromatic nitrogens is 1. The number of aromatic amines is 1. The van der Waals surface area contributed by atoms with Crippen LogP contribution < -0.4 is 5.32 Å². The summed E-state index contributed by atoms with van der Waals surface area (Å²) in [5, 5.41) is 5.01. The van der Waals surface area contributed by atoms with Crippen LogP contribution in [0.25, 0.3) is 10.9 Å². The summed E-state index contributed by atoms with van der Waals surface area (Å²) in [6.07, 6.45) is 3.69. The molecule has 2 N–H and O–H groups in total. The molecule has 1 heterocycles. The van der Waals surface area contributed by atoms with Crippen molar-refractivity contribution in [1.82, 2.24) is 10.3 Å². The van der Waals surface area contributed by atoms with E-state index in [1.54, 1.807) is 0 Å². The van der Waals surface area contributed by atoms with Crippen molar-refractivity contribution >= 4 is 28.4 Å². The van der Waals surface area contributed by atoms with Crippen LogP contribution in [0, 0.1) is 11.8 Å². The lowest BCUT2D eigenvalue weighted by Crippen LogP contribution is -2.34. The number of carbonyl (C=O) groups is 1. The molecule has 0 spiro atoms. The van der Waals surface area contributed by atoms with Crippen LogP contribution in [0.15, 0.2) is 18.2 Å². The Labute approximate surface area is 136 Å². The summed E-state index contributed by atoms with van der Waals surface area (Å²) in [6, 6.07) is 5.93. The lowest BCUT2D eigenvalue weighted by atomic mass is 9.86. The second-order valence-corrected chi connectivity index (χ2v) is 7.12. The third-order valence-corrected chi connectivity index (χ3v) is 4.78. The maximum absolute atomic E-state index is 12.4. The Morgan fingerprint density at radius 1 is 1.45 bits per heavy atom. The van der Waals surface area contributed by atoms with Crippen LogP contribution in [0.3, 0.4) is 0 Å². The molecule has 3 rings (SSSR count). The SMILES string of the molecule is CC(C)CCNC(=O)C1CCc2[nH]c3ccc(Cl)cc3c2C1. The van der Waals surface area contributed by atoms with E-state index in [0.29, 0.717) is 5.92 Å². The first-order valence-electron chi connectivity index (χ1n) is 8.11. The number of nitrogens with one attached hydrogen (secondary N) is 2. The number of fused-ring (bicyclic) bond motifs is 3. The van der Waals surface area contributed by atoms with Crippen LogP contribution in [-0.2, 0) is 17.6 Å². The second-order valence-electron chi connectivity index (χ2n) is 6.69. The highest BCUT2D eigenvalue weighted by Gasteiger charge is 2.27. The van der Waals surface area contributed by atoms with Crippen molar-refractivity contribution in [3.63, 3.8) is 0 Å². The summed E-state index contributed by atoms with van der Waals surface area (Å²) in [5.74, 6) is 0.898. The molecule has 118 valence electrons. The summed E-state index contributed by atoms with van der Waals surface area (Å²) in [7, 11) is 0. The Morgan fingerprint density at radius 3 is 3.05 bits per heavy atom. The Morgan fingerprint density at radius 2 is 2.27 bits per heavy atom. The number of H-pyrrole nitrogens is 1. The lowest BCUT2D eigenvalue weighted by Gasteiger charge is -2.22. The van der Waals surface area contributed by atoms with Crippen molar-refractivity contribution in [1.29, 1.82) is 0 Å². The number of benzene rings is 1. The Balaban J connectivity index is 1.74. The summed E-state index contributed by atoms with van der Waals surface area (Å²) in [6.45, 7) is 5.13. The van der Waals surface area contributed by atoms with Crippen molar-refractivity contribution in [2.45, 2.75) is 39.5 Å². The van der Waals surface area contributed by atoms with Gasteiger partial charge < -0.3 is 10.3 Å². The van der Waals surface area contributed by atoms with Crippen LogP contribution in [0.1, 0.15) is 37.9 Å². The zero-order valence-electron chi connectivity index (χ0n) is 13.2. The number of rotatable bonds is 4. The van der Waals surface area contributed by atoms with Gasteiger partial charge >= 0.3 is 0 Å². The smallest absolute Gasteiger partial charge is 0.223 e. The maximum atomic E-state index is 12.4. The maximum Gasteiger partial charge on any atom is 0.223 e. The average molecular weight is 319 g/mol. The summed E-state index contributed by atoms with van der Waals surface area (Å²) >= 11 is 6.12. The molecule has 1 aromatic carbocycles. The van der Waals surface area contributed by atoms with Gasteiger partial charge in [-0.1, -0.05) is 25.4 Å². The first-order valence-corrected chi connectivity index (χ1v) is 8.49. The highest BCUT2D eigenvalue weighted by atomic mass is 35.5. The van der Waals surface area contributed by atoms with Crippen LogP contribution in [0.5, 0.6) is 0 Å². The third kappa shape index (κ3) is 3.14. The van der Waals surface area contributed by atoms with Crippen molar-refractivity contribution in [3.05, 3.63) is 34.5 Å². The van der Waals surface area contributed by atoms with Gasteiger partial charge in [0.05, 0.1) is 0 Å². The molecule has 1 atom stereocenters. The average Bonchev–Trinajstić information content (AvgIpc) is 2.84. The Kier molecular flexibility index (Phi) is 4.44. The van der Waals surface area contributed by atoms with Crippen LogP contribution in [0.4, 0.5) is 0 Å². The van der Waals surface area contributed by atoms with Gasteiger partial charge in [-0.25, -0.2) is 0 Å². The van der Waals surface area contributed by atoms with E-state index in [2.05, 4.69) is 24.1 Å². The Bertz CT molecular complexity index is 690. The van der Waals surface area contributed by atoms with E-state index < -0.39 is 0 Å². The molecule has 22 heavy (non-hydrogen) atoms. The third-order valence-electron chi connectivity index (χ3n) is 4.54. The number of aryl methyl sites for hydroxylation is 1. The summed E-state index contributed by atoms with van der Waals surface area (Å²) in [4.78, 5) is 15.8. The molecule has 0 radical (unpaired) electrons. The number of carbonyl (C=O) groups excluding carboxylic acids is 1. The van der Waals surface area contributed by atoms with Gasteiger partial charge in [-0.2, -0.15) is 0 Å². The molecule has 0 saturated carbocycles. The zero-order valence-corrected chi connectivity index (χ0v) is 14.0. The van der Waals surface area contributed by atoms with E-state index in [1.807, 2.05) is 18.2 Å². The predicted octanol–water partition coefficient (Wildman–Crippen LogP) is 4.09. The first-order chi connectivity index (χ1) is 10.5. The fourth-order valence-corrected chi connectivity index (χ4v) is 3.41. The summed E-state index contributed by atoms with van der Waals surface area (Å²) < 4.78 is 0. The molecule has 0 bridgehead atoms. The fourth-order valence-electron chi connectivity index (χ4n) is 3.24. The van der Waals surface area contributed by atoms with E-state index in [1.165, 1.54) is 16.6 Å². The molecule has 0 fully saturated rings. The van der Waals surface area contributed by atoms with E-state index in [-0.39, 0.29) is 11.8 Å². The molecule has 1 unspecified atom stereocenters. The molecule has 1 aromatic heterocycles. The summed E-state index contributed by atoms with van der Waals surface area (Å²) in [5.41, 5.74) is 3.66. The molecule has 4 heteroatoms. The van der Waals surface area contributed by atoms with E-state index in [4.69, 9.17) is 11.6 Å². The van der Waals surface area contributed by atoms with E-state index >= 15 is 0 Å². The van der Waals surface area contributed by atoms with E-state index in [9.17, 15) is 4.79 Å². The quantitative estimate of drug-likeness (QED) is 0.876. The Hall–Kier alpha value is -1.48. The van der Waals surface area contributed by atoms with Gasteiger partial charge in [0.1, 0.15) is 0 Å². The lowest BCUT2D eigenvalue weighted by molar-refractivity contribution is -0.125. The molecule has 3 nitrogen and oxygen atoms in total. The highest BCUT2D eigenvalue weighted by Crippen LogP contribution is 2.33. The molecular weight excluding hydrogens is 296 g/mol. The van der Waals surface area contributed by atoms with Crippen LogP contribution >= 0.6 is 11.6 Å². The van der Waals surface area contributed by atoms with E-state index in [0.717, 1.165) is 42.8 Å². The van der Waals surface area contributed by atoms with Crippen molar-refractivity contribution in [3.8, 4) is 0 Å². The van der Waals surface area contributed by atoms with Gasteiger partial charge in [-0.3, -0.25) is 4.79 Å². The highest BCUT2D eigenvalue weighted by molar-refractivity contribution is 6.31. The number of halogens is 1. The van der Waals surface area contributed by atoms with Crippen LogP contribution in [0.2, 0.25) is 5.02 Å². The molecule has 0 aliphatic heterocycles. The minimum absolute atomic E-state index is 0.0812. The van der Waals surface area contributed by atoms with Gasteiger partial charge in [-0.15, -0.1) is 0 Å². The predicted molar refractivity (Wildman–Crippen MR) is 91.3 cm³/mol. The van der Waals surface area contributed by atoms with Gasteiger partial charge in [0.2, 0.25) is 5.91 Å². The minimum Gasteiger partial charge on any atom is -0.358 e. The number of amides is 1. The monoisotopic (exact) mass is 318 g/mol. The van der Waals surface area contributed by atoms with Crippen LogP contribution in [-0.4, -0.2) is 17.4 Å². The standard InChI is InChI=1S/C18H23ClN2O/c1-11(2)7-8-20-18(22)12-3-5-16-14(9-12)15-10-13(19)4-6-17(15)21-16/h4,6,10-12,21H,3,5,7-9H2,1-2H3,(H,20,22). The molecule has 1 amide bonds. The topological polar surface area (TPSA) is 44.9 Å². The van der Waals surface area contributed by atoms with Gasteiger partial charge in [-0.05, 0) is 55.4 Å². The zero-order chi connectivity index (χ0) is 15.7. The molecule has 0 saturated heterocycles. The second kappa shape index (κ2) is 6.33. The normalized spacial score (nSPS) is 17.7. The van der Waals surface area contributed by atoms with Gasteiger partial charge in [0, 0.05) is 34.1 Å². The largest absolute Gasteiger partial charge is 0.358 e. The van der Waals surface area contributed by atoms with Crippen molar-refractivity contribution in [2.75, 3.05) is 6.54 Å². The molecule has 1 aliphatic carbocycles.